The maximum atomic E-state index is 6.08. The Morgan fingerprint density at radius 1 is 1.28 bits per heavy atom. The Morgan fingerprint density at radius 3 is 2.72 bits per heavy atom. The number of nitrogens with one attached hydrogen (secondary N) is 1. The molecule has 0 spiro atoms. The summed E-state index contributed by atoms with van der Waals surface area (Å²) in [5.74, 6) is 0. The summed E-state index contributed by atoms with van der Waals surface area (Å²) in [6.07, 6.45) is 12.8. The van der Waals surface area contributed by atoms with Crippen LogP contribution in [0.3, 0.4) is 0 Å². The van der Waals surface area contributed by atoms with Gasteiger partial charge in [-0.15, -0.1) is 0 Å². The molecule has 3 N–H and O–H groups in total. The maximum absolute atomic E-state index is 6.08. The van der Waals surface area contributed by atoms with Gasteiger partial charge < -0.3 is 11.1 Å². The fourth-order valence-electron chi connectivity index (χ4n) is 3.85. The highest BCUT2D eigenvalue weighted by molar-refractivity contribution is 5.08. The first-order chi connectivity index (χ1) is 8.55. The van der Waals surface area contributed by atoms with Crippen molar-refractivity contribution in [2.24, 2.45) is 11.1 Å². The van der Waals surface area contributed by atoms with Crippen LogP contribution in [0.2, 0.25) is 0 Å². The Kier molecular flexibility index (Phi) is 4.50. The second kappa shape index (κ2) is 5.75. The van der Waals surface area contributed by atoms with Gasteiger partial charge in [-0.1, -0.05) is 31.9 Å². The lowest BCUT2D eigenvalue weighted by atomic mass is 9.68. The van der Waals surface area contributed by atoms with Crippen molar-refractivity contribution in [3.05, 3.63) is 11.6 Å². The Bertz CT molecular complexity index is 306. The van der Waals surface area contributed by atoms with E-state index in [2.05, 4.69) is 25.2 Å². The number of hydrogen-bond donors (Lipinski definition) is 2. The molecule has 104 valence electrons. The van der Waals surface area contributed by atoms with Crippen LogP contribution in [-0.4, -0.2) is 18.6 Å². The third-order valence-electron chi connectivity index (χ3n) is 4.80. The predicted octanol–water partition coefficient (Wildman–Crippen LogP) is 3.37. The highest BCUT2D eigenvalue weighted by Gasteiger charge is 2.38. The molecule has 18 heavy (non-hydrogen) atoms. The summed E-state index contributed by atoms with van der Waals surface area (Å²) in [6.45, 7) is 6.67. The molecular weight excluding hydrogens is 220 g/mol. The van der Waals surface area contributed by atoms with Gasteiger partial charge in [-0.25, -0.2) is 0 Å². The molecule has 2 aliphatic carbocycles. The molecule has 2 aliphatic rings. The summed E-state index contributed by atoms with van der Waals surface area (Å²) in [4.78, 5) is 0. The van der Waals surface area contributed by atoms with Crippen molar-refractivity contribution in [3.63, 3.8) is 0 Å². The van der Waals surface area contributed by atoms with Crippen molar-refractivity contribution in [2.45, 2.75) is 70.8 Å². The molecule has 0 aliphatic heterocycles. The zero-order chi connectivity index (χ0) is 13.1. The van der Waals surface area contributed by atoms with Gasteiger partial charge in [0.05, 0.1) is 0 Å². The minimum Gasteiger partial charge on any atom is -0.329 e. The quantitative estimate of drug-likeness (QED) is 0.734. The second-order valence-electron chi connectivity index (χ2n) is 7.11. The number of nitrogens with two attached hydrogens (primary N) is 1. The maximum Gasteiger partial charge on any atom is 0.0309 e. The normalized spacial score (nSPS) is 31.4. The first kappa shape index (κ1) is 14.1. The molecular formula is C16H30N2. The van der Waals surface area contributed by atoms with E-state index in [-0.39, 0.29) is 5.54 Å². The summed E-state index contributed by atoms with van der Waals surface area (Å²) in [7, 11) is 0. The van der Waals surface area contributed by atoms with Crippen LogP contribution in [0.25, 0.3) is 0 Å². The fourth-order valence-corrected chi connectivity index (χ4v) is 3.85. The minimum absolute atomic E-state index is 0.209. The number of hydrogen-bond acceptors (Lipinski definition) is 2. The average molecular weight is 250 g/mol. The largest absolute Gasteiger partial charge is 0.329 e. The van der Waals surface area contributed by atoms with Crippen molar-refractivity contribution in [2.75, 3.05) is 13.1 Å². The van der Waals surface area contributed by atoms with Gasteiger partial charge in [0.2, 0.25) is 0 Å². The van der Waals surface area contributed by atoms with E-state index in [1.807, 2.05) is 0 Å². The van der Waals surface area contributed by atoms with Gasteiger partial charge in [-0.05, 0) is 56.9 Å². The van der Waals surface area contributed by atoms with E-state index in [4.69, 9.17) is 5.73 Å². The van der Waals surface area contributed by atoms with Gasteiger partial charge in [-0.2, -0.15) is 0 Å². The lowest BCUT2D eigenvalue weighted by Crippen LogP contribution is -2.55. The molecule has 0 radical (unpaired) electrons. The molecule has 0 amide bonds. The molecule has 0 bridgehead atoms. The first-order valence-corrected chi connectivity index (χ1v) is 7.68. The van der Waals surface area contributed by atoms with Crippen LogP contribution in [0.4, 0.5) is 0 Å². The molecule has 0 aromatic carbocycles. The van der Waals surface area contributed by atoms with E-state index in [9.17, 15) is 0 Å². The molecule has 1 fully saturated rings. The molecule has 1 unspecified atom stereocenters. The zero-order valence-corrected chi connectivity index (χ0v) is 12.2. The molecule has 2 nitrogen and oxygen atoms in total. The predicted molar refractivity (Wildman–Crippen MR) is 78.6 cm³/mol. The smallest absolute Gasteiger partial charge is 0.0309 e. The van der Waals surface area contributed by atoms with Gasteiger partial charge in [0, 0.05) is 12.1 Å². The standard InChI is InChI=1S/C16H30N2/c1-15(2)9-5-10-16(12-15,13-17)18-11-8-14-6-3-4-7-14/h6,18H,3-5,7-13,17H2,1-2H3. The van der Waals surface area contributed by atoms with Crippen LogP contribution in [0.5, 0.6) is 0 Å². The molecule has 0 aromatic rings. The molecule has 0 heterocycles. The SMILES string of the molecule is CC1(C)CCCC(CN)(NCCC2=CCCC2)C1. The van der Waals surface area contributed by atoms with Crippen molar-refractivity contribution >= 4 is 0 Å². The van der Waals surface area contributed by atoms with Crippen LogP contribution < -0.4 is 11.1 Å². The van der Waals surface area contributed by atoms with Gasteiger partial charge >= 0.3 is 0 Å². The van der Waals surface area contributed by atoms with Crippen molar-refractivity contribution in [1.29, 1.82) is 0 Å². The Balaban J connectivity index is 1.83. The Morgan fingerprint density at radius 2 is 2.11 bits per heavy atom. The van der Waals surface area contributed by atoms with E-state index in [1.54, 1.807) is 5.57 Å². The average Bonchev–Trinajstić information content (AvgIpc) is 2.81. The number of rotatable bonds is 5. The van der Waals surface area contributed by atoms with Crippen LogP contribution in [0.1, 0.15) is 65.2 Å². The third-order valence-corrected chi connectivity index (χ3v) is 4.80. The van der Waals surface area contributed by atoms with Crippen LogP contribution in [0, 0.1) is 5.41 Å². The van der Waals surface area contributed by atoms with Crippen LogP contribution >= 0.6 is 0 Å². The van der Waals surface area contributed by atoms with Crippen molar-refractivity contribution in [3.8, 4) is 0 Å². The summed E-state index contributed by atoms with van der Waals surface area (Å²) in [5, 5.41) is 3.80. The molecule has 2 heteroatoms. The molecule has 1 saturated carbocycles. The van der Waals surface area contributed by atoms with Crippen LogP contribution in [-0.2, 0) is 0 Å². The van der Waals surface area contributed by atoms with E-state index in [0.717, 1.165) is 13.1 Å². The van der Waals surface area contributed by atoms with Gasteiger partial charge in [0.1, 0.15) is 0 Å². The Labute approximate surface area is 112 Å². The van der Waals surface area contributed by atoms with Gasteiger partial charge in [-0.3, -0.25) is 0 Å². The van der Waals surface area contributed by atoms with E-state index in [0.29, 0.717) is 5.41 Å². The topological polar surface area (TPSA) is 38.0 Å². The molecule has 1 atom stereocenters. The minimum atomic E-state index is 0.209. The Hall–Kier alpha value is -0.340. The summed E-state index contributed by atoms with van der Waals surface area (Å²) in [5.41, 5.74) is 8.40. The van der Waals surface area contributed by atoms with Crippen LogP contribution in [0.15, 0.2) is 11.6 Å². The highest BCUT2D eigenvalue weighted by atomic mass is 15.0. The zero-order valence-electron chi connectivity index (χ0n) is 12.2. The van der Waals surface area contributed by atoms with E-state index >= 15 is 0 Å². The summed E-state index contributed by atoms with van der Waals surface area (Å²) in [6, 6.07) is 0. The summed E-state index contributed by atoms with van der Waals surface area (Å²) >= 11 is 0. The molecule has 0 aromatic heterocycles. The highest BCUT2D eigenvalue weighted by Crippen LogP contribution is 2.40. The lowest BCUT2D eigenvalue weighted by molar-refractivity contribution is 0.125. The third kappa shape index (κ3) is 3.58. The van der Waals surface area contributed by atoms with Gasteiger partial charge in [0.15, 0.2) is 0 Å². The number of allylic oxidation sites excluding steroid dienone is 1. The lowest BCUT2D eigenvalue weighted by Gasteiger charge is -2.45. The van der Waals surface area contributed by atoms with Crippen molar-refractivity contribution in [1.82, 2.24) is 5.32 Å². The van der Waals surface area contributed by atoms with E-state index < -0.39 is 0 Å². The molecule has 0 saturated heterocycles. The first-order valence-electron chi connectivity index (χ1n) is 7.68. The fraction of sp³-hybridized carbons (Fsp3) is 0.875. The van der Waals surface area contributed by atoms with Crippen molar-refractivity contribution < 1.29 is 0 Å². The summed E-state index contributed by atoms with van der Waals surface area (Å²) < 4.78 is 0. The van der Waals surface area contributed by atoms with E-state index in [1.165, 1.54) is 51.4 Å². The monoisotopic (exact) mass is 250 g/mol. The second-order valence-corrected chi connectivity index (χ2v) is 7.11. The molecule has 2 rings (SSSR count). The van der Waals surface area contributed by atoms with Gasteiger partial charge in [0.25, 0.3) is 0 Å².